The summed E-state index contributed by atoms with van der Waals surface area (Å²) < 4.78 is 10.6. The molecule has 3 heterocycles. The number of nitrogens with zero attached hydrogens (tertiary/aromatic N) is 2. The molecular weight excluding hydrogens is 368 g/mol. The Morgan fingerprint density at radius 2 is 1.97 bits per heavy atom. The summed E-state index contributed by atoms with van der Waals surface area (Å²) in [7, 11) is 3.21. The van der Waals surface area contributed by atoms with Crippen LogP contribution in [0.5, 0.6) is 11.5 Å². The number of fused-ring (bicyclic) bond motifs is 1. The van der Waals surface area contributed by atoms with Crippen molar-refractivity contribution in [1.82, 2.24) is 20.4 Å². The minimum absolute atomic E-state index is 0.0999. The van der Waals surface area contributed by atoms with Crippen molar-refractivity contribution in [2.45, 2.75) is 38.1 Å². The van der Waals surface area contributed by atoms with Gasteiger partial charge in [0.25, 0.3) is 5.91 Å². The van der Waals surface area contributed by atoms with Gasteiger partial charge in [-0.25, -0.2) is 0 Å². The highest BCUT2D eigenvalue weighted by atomic mass is 16.5. The first-order valence-corrected chi connectivity index (χ1v) is 10.5. The second kappa shape index (κ2) is 8.86. The van der Waals surface area contributed by atoms with Crippen molar-refractivity contribution in [1.29, 1.82) is 0 Å². The molecule has 7 heteroatoms. The van der Waals surface area contributed by atoms with Crippen LogP contribution in [0.4, 0.5) is 0 Å². The summed E-state index contributed by atoms with van der Waals surface area (Å²) in [6.45, 7) is 3.15. The number of carbonyl (C=O) groups excluding carboxylic acids is 1. The van der Waals surface area contributed by atoms with Crippen LogP contribution < -0.4 is 14.8 Å². The molecule has 1 aromatic carbocycles. The van der Waals surface area contributed by atoms with Gasteiger partial charge in [0.05, 0.1) is 19.9 Å². The van der Waals surface area contributed by atoms with Crippen molar-refractivity contribution in [2.24, 2.45) is 5.92 Å². The Morgan fingerprint density at radius 1 is 1.14 bits per heavy atom. The highest BCUT2D eigenvalue weighted by Crippen LogP contribution is 2.32. The number of hydrogen-bond donors (Lipinski definition) is 2. The van der Waals surface area contributed by atoms with E-state index >= 15 is 0 Å². The lowest BCUT2D eigenvalue weighted by Gasteiger charge is -2.44. The third kappa shape index (κ3) is 4.24. The van der Waals surface area contributed by atoms with Gasteiger partial charge in [-0.05, 0) is 69.0 Å². The number of hydrogen-bond acceptors (Lipinski definition) is 5. The summed E-state index contributed by atoms with van der Waals surface area (Å²) in [4.78, 5) is 15.3. The predicted octanol–water partition coefficient (Wildman–Crippen LogP) is 3.09. The highest BCUT2D eigenvalue weighted by Gasteiger charge is 2.33. The van der Waals surface area contributed by atoms with Gasteiger partial charge in [0.1, 0.15) is 5.69 Å². The molecule has 2 unspecified atom stereocenters. The molecule has 0 radical (unpaired) electrons. The number of amides is 1. The minimum Gasteiger partial charge on any atom is -0.493 e. The standard InChI is InChI=1S/C22H30N4O3/c1-28-20-9-8-15(12-21(20)29-2)17-13-18(25-24-17)22(27)23-14-16-6-5-11-26-10-4-3-7-19(16)26/h8-9,12-13,16,19H,3-7,10-11,14H2,1-2H3,(H,23,27)(H,24,25). The monoisotopic (exact) mass is 398 g/mol. The third-order valence-electron chi connectivity index (χ3n) is 6.26. The molecule has 1 amide bonds. The number of piperidine rings is 2. The fourth-order valence-electron chi connectivity index (χ4n) is 4.72. The maximum atomic E-state index is 12.7. The van der Waals surface area contributed by atoms with Crippen LogP contribution in [0.3, 0.4) is 0 Å². The van der Waals surface area contributed by atoms with Crippen molar-refractivity contribution >= 4 is 5.91 Å². The van der Waals surface area contributed by atoms with Gasteiger partial charge in [-0.15, -0.1) is 0 Å². The van der Waals surface area contributed by atoms with E-state index in [1.165, 1.54) is 45.2 Å². The van der Waals surface area contributed by atoms with Crippen LogP contribution in [-0.4, -0.2) is 60.9 Å². The van der Waals surface area contributed by atoms with Gasteiger partial charge >= 0.3 is 0 Å². The molecule has 2 fully saturated rings. The normalized spacial score (nSPS) is 22.0. The number of aromatic amines is 1. The Morgan fingerprint density at radius 3 is 2.79 bits per heavy atom. The van der Waals surface area contributed by atoms with Crippen LogP contribution in [-0.2, 0) is 0 Å². The van der Waals surface area contributed by atoms with Gasteiger partial charge < -0.3 is 19.7 Å². The molecule has 7 nitrogen and oxygen atoms in total. The van der Waals surface area contributed by atoms with Crippen molar-refractivity contribution in [3.8, 4) is 22.8 Å². The van der Waals surface area contributed by atoms with Gasteiger partial charge in [0.2, 0.25) is 0 Å². The Kier molecular flexibility index (Phi) is 6.04. The highest BCUT2D eigenvalue weighted by molar-refractivity contribution is 5.93. The van der Waals surface area contributed by atoms with Gasteiger partial charge in [0, 0.05) is 18.2 Å². The van der Waals surface area contributed by atoms with Gasteiger partial charge in [0.15, 0.2) is 11.5 Å². The van der Waals surface area contributed by atoms with Gasteiger partial charge in [-0.3, -0.25) is 9.89 Å². The zero-order chi connectivity index (χ0) is 20.2. The Bertz CT molecular complexity index is 848. The van der Waals surface area contributed by atoms with Crippen molar-refractivity contribution in [3.63, 3.8) is 0 Å². The molecule has 0 saturated carbocycles. The number of H-pyrrole nitrogens is 1. The summed E-state index contributed by atoms with van der Waals surface area (Å²) >= 11 is 0. The number of carbonyl (C=O) groups is 1. The van der Waals surface area contributed by atoms with Crippen LogP contribution in [0.1, 0.15) is 42.6 Å². The summed E-state index contributed by atoms with van der Waals surface area (Å²) in [5.74, 6) is 1.74. The van der Waals surface area contributed by atoms with E-state index in [4.69, 9.17) is 9.47 Å². The van der Waals surface area contributed by atoms with E-state index in [1.807, 2.05) is 18.2 Å². The largest absolute Gasteiger partial charge is 0.493 e. The molecule has 156 valence electrons. The lowest BCUT2D eigenvalue weighted by atomic mass is 9.83. The third-order valence-corrected chi connectivity index (χ3v) is 6.26. The first-order chi connectivity index (χ1) is 14.2. The molecule has 2 aliphatic rings. The molecule has 2 aliphatic heterocycles. The molecule has 4 rings (SSSR count). The van der Waals surface area contributed by atoms with E-state index in [9.17, 15) is 4.79 Å². The Balaban J connectivity index is 1.40. The predicted molar refractivity (Wildman–Crippen MR) is 111 cm³/mol. The molecule has 0 spiro atoms. The van der Waals surface area contributed by atoms with Crippen LogP contribution in [0.2, 0.25) is 0 Å². The minimum atomic E-state index is -0.0999. The number of aromatic nitrogens is 2. The van der Waals surface area contributed by atoms with Crippen LogP contribution in [0.25, 0.3) is 11.3 Å². The second-order valence-corrected chi connectivity index (χ2v) is 7.95. The molecule has 2 saturated heterocycles. The van der Waals surface area contributed by atoms with Gasteiger partial charge in [-0.2, -0.15) is 5.10 Å². The quantitative estimate of drug-likeness (QED) is 0.782. The smallest absolute Gasteiger partial charge is 0.269 e. The second-order valence-electron chi connectivity index (χ2n) is 7.95. The van der Waals surface area contributed by atoms with Gasteiger partial charge in [-0.1, -0.05) is 6.42 Å². The van der Waals surface area contributed by atoms with E-state index < -0.39 is 0 Å². The zero-order valence-corrected chi connectivity index (χ0v) is 17.2. The average Bonchev–Trinajstić information content (AvgIpc) is 3.27. The summed E-state index contributed by atoms with van der Waals surface area (Å²) in [5.41, 5.74) is 2.04. The first kappa shape index (κ1) is 19.8. The lowest BCUT2D eigenvalue weighted by Crippen LogP contribution is -2.51. The average molecular weight is 399 g/mol. The number of nitrogens with one attached hydrogen (secondary N) is 2. The van der Waals surface area contributed by atoms with Crippen molar-refractivity contribution in [2.75, 3.05) is 33.9 Å². The molecular formula is C22H30N4O3. The first-order valence-electron chi connectivity index (χ1n) is 10.5. The fraction of sp³-hybridized carbons (Fsp3) is 0.545. The fourth-order valence-corrected chi connectivity index (χ4v) is 4.72. The molecule has 1 aromatic heterocycles. The molecule has 0 bridgehead atoms. The van der Waals surface area contributed by atoms with Crippen molar-refractivity contribution in [3.05, 3.63) is 30.0 Å². The maximum absolute atomic E-state index is 12.7. The Labute approximate surface area is 171 Å². The molecule has 2 atom stereocenters. The van der Waals surface area contributed by atoms with E-state index in [1.54, 1.807) is 20.3 Å². The number of methoxy groups -OCH3 is 2. The van der Waals surface area contributed by atoms with E-state index in [0.717, 1.165) is 12.1 Å². The SMILES string of the molecule is COc1ccc(-c2cc(C(=O)NCC3CCCN4CCCCC34)[nH]n2)cc1OC. The number of rotatable bonds is 6. The Hall–Kier alpha value is -2.54. The number of benzene rings is 1. The summed E-state index contributed by atoms with van der Waals surface area (Å²) in [5, 5.41) is 10.3. The molecule has 0 aliphatic carbocycles. The van der Waals surface area contributed by atoms with Crippen LogP contribution in [0.15, 0.2) is 24.3 Å². The van der Waals surface area contributed by atoms with E-state index in [-0.39, 0.29) is 5.91 Å². The summed E-state index contributed by atoms with van der Waals surface area (Å²) in [6.07, 6.45) is 6.30. The molecule has 2 aromatic rings. The van der Waals surface area contributed by atoms with Crippen molar-refractivity contribution < 1.29 is 14.3 Å². The van der Waals surface area contributed by atoms with E-state index in [0.29, 0.717) is 34.8 Å². The summed E-state index contributed by atoms with van der Waals surface area (Å²) in [6, 6.07) is 8.00. The van der Waals surface area contributed by atoms with Crippen LogP contribution >= 0.6 is 0 Å². The van der Waals surface area contributed by atoms with Crippen LogP contribution in [0, 0.1) is 5.92 Å². The maximum Gasteiger partial charge on any atom is 0.269 e. The topological polar surface area (TPSA) is 79.5 Å². The molecule has 29 heavy (non-hydrogen) atoms. The zero-order valence-electron chi connectivity index (χ0n) is 17.2. The molecule has 2 N–H and O–H groups in total. The lowest BCUT2D eigenvalue weighted by molar-refractivity contribution is 0.0575. The number of ether oxygens (including phenoxy) is 2. The van der Waals surface area contributed by atoms with E-state index in [2.05, 4.69) is 20.4 Å².